The second kappa shape index (κ2) is 12.6. The number of ether oxygens (including phenoxy) is 2. The van der Waals surface area contributed by atoms with Crippen LogP contribution in [-0.2, 0) is 4.74 Å². The zero-order valence-corrected chi connectivity index (χ0v) is 24.5. The quantitative estimate of drug-likeness (QED) is 0.189. The number of esters is 1. The molecule has 8 nitrogen and oxygen atoms in total. The lowest BCUT2D eigenvalue weighted by Crippen LogP contribution is -2.36. The predicted octanol–water partition coefficient (Wildman–Crippen LogP) is 7.28. The zero-order valence-electron chi connectivity index (χ0n) is 24.5. The van der Waals surface area contributed by atoms with Gasteiger partial charge in [-0.15, -0.1) is 0 Å². The lowest BCUT2D eigenvalue weighted by Gasteiger charge is -2.32. The first-order valence-corrected chi connectivity index (χ1v) is 14.5. The average molecular weight is 594 g/mol. The van der Waals surface area contributed by atoms with Crippen molar-refractivity contribution in [2.24, 2.45) is 5.92 Å². The monoisotopic (exact) mass is 593 g/mol. The molecule has 44 heavy (non-hydrogen) atoms. The minimum Gasteiger partial charge on any atom is -0.493 e. The van der Waals surface area contributed by atoms with Crippen molar-refractivity contribution >= 4 is 34.4 Å². The van der Waals surface area contributed by atoms with Gasteiger partial charge in [-0.1, -0.05) is 30.3 Å². The molecule has 0 atom stereocenters. The normalized spacial score (nSPS) is 13.6. The van der Waals surface area contributed by atoms with Crippen molar-refractivity contribution in [1.29, 1.82) is 0 Å². The van der Waals surface area contributed by atoms with Crippen LogP contribution in [0.25, 0.3) is 22.1 Å². The number of amides is 1. The van der Waals surface area contributed by atoms with Gasteiger partial charge < -0.3 is 24.1 Å². The fourth-order valence-corrected chi connectivity index (χ4v) is 5.51. The van der Waals surface area contributed by atoms with E-state index < -0.39 is 0 Å². The number of methoxy groups -OCH3 is 1. The SMILES string of the molecule is COC(=O)c1cccc(OCC2CCN(c3ccc(NC(=O)c4oc5ccc(-c6ccccc6F)cc5c4C)cn3)CC2)c1. The fourth-order valence-electron chi connectivity index (χ4n) is 5.51. The number of hydrogen-bond donors (Lipinski definition) is 1. The molecule has 0 aliphatic carbocycles. The Hall–Kier alpha value is -5.18. The Kier molecular flexibility index (Phi) is 8.27. The number of halogens is 1. The van der Waals surface area contributed by atoms with Crippen LogP contribution in [0.4, 0.5) is 15.9 Å². The van der Waals surface area contributed by atoms with Gasteiger partial charge in [0, 0.05) is 29.6 Å². The molecule has 1 fully saturated rings. The van der Waals surface area contributed by atoms with Crippen LogP contribution in [0, 0.1) is 18.7 Å². The second-order valence-corrected chi connectivity index (χ2v) is 10.9. The molecule has 3 heterocycles. The third-order valence-corrected chi connectivity index (χ3v) is 8.01. The van der Waals surface area contributed by atoms with Gasteiger partial charge in [0.15, 0.2) is 5.76 Å². The average Bonchev–Trinajstić information content (AvgIpc) is 3.40. The smallest absolute Gasteiger partial charge is 0.337 e. The predicted molar refractivity (Wildman–Crippen MR) is 167 cm³/mol. The van der Waals surface area contributed by atoms with E-state index in [9.17, 15) is 14.0 Å². The molecule has 1 aliphatic heterocycles. The first-order chi connectivity index (χ1) is 21.4. The molecular weight excluding hydrogens is 561 g/mol. The van der Waals surface area contributed by atoms with Gasteiger partial charge in [0.1, 0.15) is 23.0 Å². The molecule has 224 valence electrons. The highest BCUT2D eigenvalue weighted by Gasteiger charge is 2.22. The first kappa shape index (κ1) is 28.9. The number of carbonyl (C=O) groups is 2. The first-order valence-electron chi connectivity index (χ1n) is 14.5. The standard InChI is InChI=1S/C35H32FN3O5/c1-22-29-19-24(28-8-3-4-9-30(28)36)10-12-31(29)44-33(22)34(40)38-26-11-13-32(37-20-26)39-16-14-23(15-17-39)21-43-27-7-5-6-25(18-27)35(41)42-2/h3-13,18-20,23H,14-17,21H2,1-2H3,(H,38,40). The summed E-state index contributed by atoms with van der Waals surface area (Å²) in [6.45, 7) is 4.06. The van der Waals surface area contributed by atoms with E-state index in [1.165, 1.54) is 13.2 Å². The lowest BCUT2D eigenvalue weighted by molar-refractivity contribution is 0.0600. The van der Waals surface area contributed by atoms with Gasteiger partial charge in [0.05, 0.1) is 31.2 Å². The van der Waals surface area contributed by atoms with Gasteiger partial charge in [-0.3, -0.25) is 4.79 Å². The summed E-state index contributed by atoms with van der Waals surface area (Å²) < 4.78 is 31.0. The minimum atomic E-state index is -0.386. The minimum absolute atomic E-state index is 0.205. The fraction of sp³-hybridized carbons (Fsp3) is 0.229. The van der Waals surface area contributed by atoms with Crippen molar-refractivity contribution in [3.05, 3.63) is 108 Å². The number of pyridine rings is 1. The third-order valence-electron chi connectivity index (χ3n) is 8.01. The molecule has 0 unspecified atom stereocenters. The third kappa shape index (κ3) is 6.13. The van der Waals surface area contributed by atoms with Crippen molar-refractivity contribution in [3.8, 4) is 16.9 Å². The second-order valence-electron chi connectivity index (χ2n) is 10.9. The van der Waals surface area contributed by atoms with E-state index >= 15 is 0 Å². The van der Waals surface area contributed by atoms with Crippen LogP contribution in [0.1, 0.15) is 39.3 Å². The van der Waals surface area contributed by atoms with E-state index in [1.807, 2.05) is 31.2 Å². The number of carbonyl (C=O) groups excluding carboxylic acids is 2. The van der Waals surface area contributed by atoms with Crippen LogP contribution >= 0.6 is 0 Å². The molecule has 9 heteroatoms. The van der Waals surface area contributed by atoms with Crippen molar-refractivity contribution in [3.63, 3.8) is 0 Å². The van der Waals surface area contributed by atoms with Crippen LogP contribution in [-0.4, -0.2) is 43.7 Å². The molecule has 0 bridgehead atoms. The van der Waals surface area contributed by atoms with Gasteiger partial charge in [-0.2, -0.15) is 0 Å². The van der Waals surface area contributed by atoms with E-state index in [0.717, 1.165) is 37.1 Å². The van der Waals surface area contributed by atoms with E-state index in [2.05, 4.69) is 15.2 Å². The molecule has 1 amide bonds. The van der Waals surface area contributed by atoms with Gasteiger partial charge in [-0.25, -0.2) is 14.2 Å². The van der Waals surface area contributed by atoms with Crippen LogP contribution in [0.3, 0.4) is 0 Å². The topological polar surface area (TPSA) is 93.9 Å². The van der Waals surface area contributed by atoms with Gasteiger partial charge in [0.2, 0.25) is 0 Å². The summed E-state index contributed by atoms with van der Waals surface area (Å²) in [5, 5.41) is 3.64. The highest BCUT2D eigenvalue weighted by Crippen LogP contribution is 2.32. The largest absolute Gasteiger partial charge is 0.493 e. The van der Waals surface area contributed by atoms with Crippen LogP contribution in [0.5, 0.6) is 5.75 Å². The maximum Gasteiger partial charge on any atom is 0.337 e. The molecule has 2 aromatic heterocycles. The number of piperidine rings is 1. The van der Waals surface area contributed by atoms with E-state index in [1.54, 1.807) is 54.7 Å². The summed E-state index contributed by atoms with van der Waals surface area (Å²) >= 11 is 0. The van der Waals surface area contributed by atoms with E-state index in [-0.39, 0.29) is 23.5 Å². The Labute approximate surface area is 254 Å². The van der Waals surface area contributed by atoms with E-state index in [0.29, 0.717) is 51.8 Å². The summed E-state index contributed by atoms with van der Waals surface area (Å²) in [6, 6.07) is 22.7. The molecule has 0 spiro atoms. The number of anilines is 2. The molecule has 1 saturated heterocycles. The number of aryl methyl sites for hydroxylation is 1. The number of aromatic nitrogens is 1. The Morgan fingerprint density at radius 2 is 1.84 bits per heavy atom. The number of rotatable bonds is 8. The number of benzene rings is 3. The van der Waals surface area contributed by atoms with Crippen molar-refractivity contribution in [2.45, 2.75) is 19.8 Å². The number of fused-ring (bicyclic) bond motifs is 1. The highest BCUT2D eigenvalue weighted by atomic mass is 19.1. The zero-order chi connectivity index (χ0) is 30.6. The maximum absolute atomic E-state index is 14.3. The van der Waals surface area contributed by atoms with Gasteiger partial charge >= 0.3 is 5.97 Å². The summed E-state index contributed by atoms with van der Waals surface area (Å²) in [5.41, 5.74) is 3.48. The van der Waals surface area contributed by atoms with Crippen molar-refractivity contribution < 1.29 is 27.9 Å². The molecule has 3 aromatic carbocycles. The number of furan rings is 1. The highest BCUT2D eigenvalue weighted by molar-refractivity contribution is 6.06. The lowest BCUT2D eigenvalue weighted by atomic mass is 9.98. The Morgan fingerprint density at radius 1 is 1.02 bits per heavy atom. The molecule has 5 aromatic rings. The summed E-state index contributed by atoms with van der Waals surface area (Å²) in [6.07, 6.45) is 3.53. The van der Waals surface area contributed by atoms with E-state index in [4.69, 9.17) is 13.9 Å². The molecule has 0 saturated carbocycles. The summed E-state index contributed by atoms with van der Waals surface area (Å²) in [5.74, 6) is 1.02. The number of nitrogens with zero attached hydrogens (tertiary/aromatic N) is 2. The summed E-state index contributed by atoms with van der Waals surface area (Å²) in [4.78, 5) is 31.7. The van der Waals surface area contributed by atoms with Gasteiger partial charge in [-0.05, 0) is 79.8 Å². The summed E-state index contributed by atoms with van der Waals surface area (Å²) in [7, 11) is 1.36. The van der Waals surface area contributed by atoms with Crippen LogP contribution in [0.15, 0.2) is 89.5 Å². The molecule has 0 radical (unpaired) electrons. The Bertz CT molecular complexity index is 1810. The molecule has 1 N–H and O–H groups in total. The molecule has 6 rings (SSSR count). The van der Waals surface area contributed by atoms with Crippen LogP contribution in [0.2, 0.25) is 0 Å². The molecule has 1 aliphatic rings. The van der Waals surface area contributed by atoms with Crippen molar-refractivity contribution in [1.82, 2.24) is 4.98 Å². The van der Waals surface area contributed by atoms with Gasteiger partial charge in [0.25, 0.3) is 5.91 Å². The molecular formula is C35H32FN3O5. The van der Waals surface area contributed by atoms with Crippen molar-refractivity contribution in [2.75, 3.05) is 37.0 Å². The Balaban J connectivity index is 1.04. The van der Waals surface area contributed by atoms with Crippen LogP contribution < -0.4 is 15.0 Å². The maximum atomic E-state index is 14.3. The Morgan fingerprint density at radius 3 is 2.59 bits per heavy atom. The number of nitrogens with one attached hydrogen (secondary N) is 1. The number of hydrogen-bond acceptors (Lipinski definition) is 7.